The van der Waals surface area contributed by atoms with Crippen LogP contribution in [-0.4, -0.2) is 41.1 Å². The Bertz CT molecular complexity index is 653. The number of aromatic nitrogens is 1. The lowest BCUT2D eigenvalue weighted by atomic mass is 9.81. The van der Waals surface area contributed by atoms with E-state index in [0.717, 1.165) is 19.3 Å². The number of nitrogens with zero attached hydrogens (tertiary/aromatic N) is 3. The Labute approximate surface area is 141 Å². The summed E-state index contributed by atoms with van der Waals surface area (Å²) >= 11 is 0. The van der Waals surface area contributed by atoms with Gasteiger partial charge < -0.3 is 14.2 Å². The van der Waals surface area contributed by atoms with Gasteiger partial charge in [-0.2, -0.15) is 5.26 Å². The third-order valence-electron chi connectivity index (χ3n) is 4.70. The highest BCUT2D eigenvalue weighted by Crippen LogP contribution is 2.32. The van der Waals surface area contributed by atoms with Gasteiger partial charge in [0.1, 0.15) is 16.9 Å². The molecule has 1 aliphatic carbocycles. The second-order valence-electron chi connectivity index (χ2n) is 6.15. The normalized spacial score (nSPS) is 16.2. The fourth-order valence-electron chi connectivity index (χ4n) is 3.11. The highest BCUT2D eigenvalue weighted by atomic mass is 16.5. The van der Waals surface area contributed by atoms with Crippen molar-refractivity contribution < 1.29 is 18.8 Å². The van der Waals surface area contributed by atoms with Crippen LogP contribution in [0.5, 0.6) is 0 Å². The Morgan fingerprint density at radius 3 is 2.62 bits per heavy atom. The first kappa shape index (κ1) is 18.0. The summed E-state index contributed by atoms with van der Waals surface area (Å²) < 4.78 is 10.1. The van der Waals surface area contributed by atoms with Gasteiger partial charge in [-0.3, -0.25) is 4.79 Å². The van der Waals surface area contributed by atoms with Crippen molar-refractivity contribution in [3.05, 3.63) is 17.0 Å². The SMILES string of the molecule is CCc1noc(C)c1C(=O)OCC(=O)N(C)C1(C#N)CCCCC1. The summed E-state index contributed by atoms with van der Waals surface area (Å²) in [5.74, 6) is -0.626. The van der Waals surface area contributed by atoms with E-state index in [-0.39, 0.29) is 11.5 Å². The van der Waals surface area contributed by atoms with Crippen molar-refractivity contribution in [2.45, 2.75) is 57.9 Å². The van der Waals surface area contributed by atoms with Crippen LogP contribution >= 0.6 is 0 Å². The highest BCUT2D eigenvalue weighted by molar-refractivity contribution is 5.93. The summed E-state index contributed by atoms with van der Waals surface area (Å²) in [5.41, 5.74) is 0.00312. The van der Waals surface area contributed by atoms with Crippen LogP contribution in [0, 0.1) is 18.3 Å². The third kappa shape index (κ3) is 3.42. The average molecular weight is 333 g/mol. The molecule has 0 saturated heterocycles. The Kier molecular flexibility index (Phi) is 5.60. The minimum absolute atomic E-state index is 0.278. The molecule has 1 amide bonds. The van der Waals surface area contributed by atoms with Gasteiger partial charge in [0, 0.05) is 7.05 Å². The zero-order valence-electron chi connectivity index (χ0n) is 14.4. The maximum Gasteiger partial charge on any atom is 0.344 e. The molecule has 1 fully saturated rings. The van der Waals surface area contributed by atoms with Crippen LogP contribution in [0.25, 0.3) is 0 Å². The number of nitriles is 1. The Morgan fingerprint density at radius 1 is 1.38 bits per heavy atom. The molecule has 24 heavy (non-hydrogen) atoms. The van der Waals surface area contributed by atoms with Gasteiger partial charge in [0.25, 0.3) is 5.91 Å². The van der Waals surface area contributed by atoms with Crippen LogP contribution in [0.3, 0.4) is 0 Å². The lowest BCUT2D eigenvalue weighted by molar-refractivity contribution is -0.138. The molecule has 0 aromatic carbocycles. The topological polar surface area (TPSA) is 96.4 Å². The van der Waals surface area contributed by atoms with E-state index < -0.39 is 18.1 Å². The van der Waals surface area contributed by atoms with E-state index in [1.54, 1.807) is 14.0 Å². The summed E-state index contributed by atoms with van der Waals surface area (Å²) in [6.07, 6.45) is 4.77. The molecule has 1 aromatic rings. The number of hydrogen-bond acceptors (Lipinski definition) is 6. The van der Waals surface area contributed by atoms with Crippen molar-refractivity contribution in [3.63, 3.8) is 0 Å². The Morgan fingerprint density at radius 2 is 2.04 bits per heavy atom. The molecule has 0 unspecified atom stereocenters. The van der Waals surface area contributed by atoms with E-state index in [4.69, 9.17) is 9.26 Å². The van der Waals surface area contributed by atoms with Gasteiger partial charge in [0.15, 0.2) is 6.61 Å². The maximum absolute atomic E-state index is 12.4. The first-order valence-electron chi connectivity index (χ1n) is 8.25. The van der Waals surface area contributed by atoms with E-state index in [1.807, 2.05) is 6.92 Å². The van der Waals surface area contributed by atoms with E-state index in [2.05, 4.69) is 11.2 Å². The second-order valence-corrected chi connectivity index (χ2v) is 6.15. The molecule has 1 saturated carbocycles. The minimum Gasteiger partial charge on any atom is -0.452 e. The predicted octanol–water partition coefficient (Wildman–Crippen LogP) is 2.39. The molecule has 1 aliphatic rings. The third-order valence-corrected chi connectivity index (χ3v) is 4.70. The number of aryl methyl sites for hydroxylation is 2. The first-order valence-corrected chi connectivity index (χ1v) is 8.25. The van der Waals surface area contributed by atoms with Crippen molar-refractivity contribution in [1.82, 2.24) is 10.1 Å². The van der Waals surface area contributed by atoms with Crippen LogP contribution in [0.15, 0.2) is 4.52 Å². The summed E-state index contributed by atoms with van der Waals surface area (Å²) in [5, 5.41) is 13.3. The largest absolute Gasteiger partial charge is 0.452 e. The molecular formula is C17H23N3O4. The van der Waals surface area contributed by atoms with Crippen molar-refractivity contribution in [3.8, 4) is 6.07 Å². The van der Waals surface area contributed by atoms with Gasteiger partial charge in [-0.15, -0.1) is 0 Å². The molecule has 130 valence electrons. The predicted molar refractivity (Wildman–Crippen MR) is 85.1 cm³/mol. The van der Waals surface area contributed by atoms with Crippen molar-refractivity contribution in [2.24, 2.45) is 0 Å². The van der Waals surface area contributed by atoms with Gasteiger partial charge in [-0.1, -0.05) is 31.3 Å². The first-order chi connectivity index (χ1) is 11.4. The lowest BCUT2D eigenvalue weighted by Gasteiger charge is -2.38. The highest BCUT2D eigenvalue weighted by Gasteiger charge is 2.39. The molecule has 0 N–H and O–H groups in total. The number of amides is 1. The van der Waals surface area contributed by atoms with Gasteiger partial charge in [0.2, 0.25) is 0 Å². The van der Waals surface area contributed by atoms with E-state index in [0.29, 0.717) is 30.7 Å². The molecule has 0 bridgehead atoms. The van der Waals surface area contributed by atoms with Crippen LogP contribution in [0.4, 0.5) is 0 Å². The van der Waals surface area contributed by atoms with Gasteiger partial charge >= 0.3 is 5.97 Å². The summed E-state index contributed by atoms with van der Waals surface area (Å²) in [7, 11) is 1.60. The van der Waals surface area contributed by atoms with E-state index >= 15 is 0 Å². The average Bonchev–Trinajstić information content (AvgIpc) is 3.00. The number of carbonyl (C=O) groups is 2. The molecule has 0 atom stereocenters. The van der Waals surface area contributed by atoms with Gasteiger partial charge in [-0.05, 0) is 26.2 Å². The van der Waals surface area contributed by atoms with Crippen LogP contribution < -0.4 is 0 Å². The van der Waals surface area contributed by atoms with Gasteiger partial charge in [-0.25, -0.2) is 4.79 Å². The fraction of sp³-hybridized carbons (Fsp3) is 0.647. The van der Waals surface area contributed by atoms with Crippen molar-refractivity contribution in [2.75, 3.05) is 13.7 Å². The van der Waals surface area contributed by atoms with E-state index in [9.17, 15) is 14.9 Å². The minimum atomic E-state index is -0.788. The lowest BCUT2D eigenvalue weighted by Crippen LogP contribution is -2.51. The van der Waals surface area contributed by atoms with Crippen LogP contribution in [-0.2, 0) is 16.0 Å². The van der Waals surface area contributed by atoms with Crippen molar-refractivity contribution >= 4 is 11.9 Å². The number of ether oxygens (including phenoxy) is 1. The monoisotopic (exact) mass is 333 g/mol. The molecule has 0 aliphatic heterocycles. The second kappa shape index (κ2) is 7.47. The number of carbonyl (C=O) groups excluding carboxylic acids is 2. The smallest absolute Gasteiger partial charge is 0.344 e. The molecule has 7 nitrogen and oxygen atoms in total. The molecule has 7 heteroatoms. The molecule has 1 aromatic heterocycles. The fourth-order valence-corrected chi connectivity index (χ4v) is 3.11. The molecular weight excluding hydrogens is 310 g/mol. The Hall–Kier alpha value is -2.36. The zero-order chi connectivity index (χ0) is 17.7. The summed E-state index contributed by atoms with van der Waals surface area (Å²) in [6.45, 7) is 3.09. The standard InChI is InChI=1S/C17H23N3O4/c1-4-13-15(12(2)24-19-13)16(22)23-10-14(21)20(3)17(11-18)8-6-5-7-9-17/h4-10H2,1-3H3. The molecule has 1 heterocycles. The quantitative estimate of drug-likeness (QED) is 0.768. The summed E-state index contributed by atoms with van der Waals surface area (Å²) in [4.78, 5) is 26.0. The van der Waals surface area contributed by atoms with Crippen molar-refractivity contribution in [1.29, 1.82) is 5.26 Å². The van der Waals surface area contributed by atoms with Crippen LogP contribution in [0.1, 0.15) is 60.8 Å². The summed E-state index contributed by atoms with van der Waals surface area (Å²) in [6, 6.07) is 2.28. The number of rotatable bonds is 5. The Balaban J connectivity index is 2.01. The number of esters is 1. The number of likely N-dealkylation sites (N-methyl/N-ethyl adjacent to an activating group) is 1. The van der Waals surface area contributed by atoms with Gasteiger partial charge in [0.05, 0.1) is 11.8 Å². The van der Waals surface area contributed by atoms with Crippen LogP contribution in [0.2, 0.25) is 0 Å². The zero-order valence-corrected chi connectivity index (χ0v) is 14.4. The number of hydrogen-bond donors (Lipinski definition) is 0. The molecule has 0 radical (unpaired) electrons. The maximum atomic E-state index is 12.4. The molecule has 0 spiro atoms. The molecule has 2 rings (SSSR count). The van der Waals surface area contributed by atoms with E-state index in [1.165, 1.54) is 4.90 Å².